The maximum Gasteiger partial charge on any atom is 0.187 e. The van der Waals surface area contributed by atoms with Crippen molar-refractivity contribution in [1.82, 2.24) is 5.32 Å². The number of hydrogen-bond acceptors (Lipinski definition) is 40. The van der Waals surface area contributed by atoms with Gasteiger partial charge in [-0.15, -0.1) is 0 Å². The number of aliphatic hydroxyl groups excluding tert-OH is 24. The summed E-state index contributed by atoms with van der Waals surface area (Å²) in [6, 6.07) is 0. The molecule has 88 heavy (non-hydrogen) atoms. The molecule has 40 nitrogen and oxygen atoms in total. The van der Waals surface area contributed by atoms with E-state index in [1.165, 1.54) is 0 Å². The zero-order chi connectivity index (χ0) is 64.1. The number of hydrogen-bond donors (Lipinski definition) is 25. The minimum Gasteiger partial charge on any atom is -0.394 e. The SMILES string of the molecule is OC[C@H]1O[C@@H]2O[C@H]3[C@H](O)[C@@H](O)[C@@H](O[C@H]4[C@H](O)[C@@H](O)[C@@H](O[C@H]5[C@H](O)[C@@H](O)[C@@H](O[C@H]6[C@H](O)[C@@H](O)[C@@H](O[C@H]7[C@H](O)[C@@H](O)[C@@H](O[C@H]8[C@H](O)[C@H](O)[C@@H](O[C@H]1[C@H](O)[C@@H]2O)O[C@@H]8CO)O[C@@H]7CNC[C@H]1OC(O)[C@H](O)[C@@H](O)[C@H]1O)O[C@@H]6CO)O[C@@H]5CO)O[C@@H]4CO)O[C@@H]3CO. The number of rotatable bonds is 10. The molecular formula is C48H81NO39. The second-order valence-electron chi connectivity index (χ2n) is 22.7. The fourth-order valence-corrected chi connectivity index (χ4v) is 11.9. The van der Waals surface area contributed by atoms with E-state index in [1.54, 1.807) is 0 Å². The first-order chi connectivity index (χ1) is 41.8. The third kappa shape index (κ3) is 14.1. The largest absolute Gasteiger partial charge is 0.394 e. The van der Waals surface area contributed by atoms with E-state index in [0.29, 0.717) is 0 Å². The highest BCUT2D eigenvalue weighted by Crippen LogP contribution is 2.39. The van der Waals surface area contributed by atoms with E-state index in [-0.39, 0.29) is 0 Å². The van der Waals surface area contributed by atoms with Crippen molar-refractivity contribution < 1.29 is 194 Å². The van der Waals surface area contributed by atoms with Crippen LogP contribution in [0.1, 0.15) is 0 Å². The van der Waals surface area contributed by atoms with Crippen molar-refractivity contribution in [3.05, 3.63) is 0 Å². The van der Waals surface area contributed by atoms with Gasteiger partial charge in [0.25, 0.3) is 0 Å². The molecule has 40 heteroatoms. The first-order valence-corrected chi connectivity index (χ1v) is 28.3. The van der Waals surface area contributed by atoms with Crippen molar-refractivity contribution in [2.24, 2.45) is 0 Å². The summed E-state index contributed by atoms with van der Waals surface area (Å²) in [5.74, 6) is 0. The molecule has 1 unspecified atom stereocenters. The van der Waals surface area contributed by atoms with E-state index < -0.39 is 298 Å². The van der Waals surface area contributed by atoms with E-state index >= 15 is 0 Å². The van der Waals surface area contributed by atoms with Gasteiger partial charge in [-0.05, 0) is 0 Å². The Morgan fingerprint density at radius 1 is 0.182 bits per heavy atom. The zero-order valence-electron chi connectivity index (χ0n) is 46.1. The zero-order valence-corrected chi connectivity index (χ0v) is 46.1. The van der Waals surface area contributed by atoms with Crippen LogP contribution < -0.4 is 5.32 Å². The van der Waals surface area contributed by atoms with Crippen molar-refractivity contribution in [2.45, 2.75) is 246 Å². The minimum atomic E-state index is -2.30. The minimum absolute atomic E-state index is 0.496. The van der Waals surface area contributed by atoms with Crippen LogP contribution in [0.4, 0.5) is 0 Å². The van der Waals surface area contributed by atoms with Crippen molar-refractivity contribution in [2.75, 3.05) is 52.7 Å². The van der Waals surface area contributed by atoms with Crippen LogP contribution in [0.3, 0.4) is 0 Å². The lowest BCUT2D eigenvalue weighted by atomic mass is 9.95. The van der Waals surface area contributed by atoms with Crippen LogP contribution in [0.15, 0.2) is 0 Å². The van der Waals surface area contributed by atoms with Gasteiger partial charge in [0.2, 0.25) is 0 Å². The molecule has 0 spiro atoms. The highest BCUT2D eigenvalue weighted by atomic mass is 16.8. The van der Waals surface area contributed by atoms with Gasteiger partial charge in [0, 0.05) is 13.1 Å². The topological polar surface area (TPSA) is 636 Å². The Bertz CT molecular complexity index is 2140. The van der Waals surface area contributed by atoms with Gasteiger partial charge in [-0.1, -0.05) is 0 Å². The highest BCUT2D eigenvalue weighted by Gasteiger charge is 2.60. The van der Waals surface area contributed by atoms with Gasteiger partial charge < -0.3 is 199 Å². The molecule has 22 aliphatic rings. The number of ether oxygens (including phenoxy) is 15. The standard InChI is InChI=1S/C48H81NO39/c50-3-11-35-21(60)29(68)44(77-11)85-37-13(5-52)79-46(31(70)23(37)62)87-39-15(7-54)81-48(33(72)25(39)64)88-40-16(8-55)80-47(32(71)24(40)63)86-38-14(6-53)78-45(30(69)22(38)61)84-36-12(4-51)76-43(28(67)20(36)59)82-34-10(75-42(83-35)27(66)19(34)58)2-49-1-9-17(56)18(57)26(65)41(73)74-9/h9-73H,1-8H2/t9-,10-,11-,12-,13-,14-,15-,16-,17+,18+,19-,20-,21-,22-,23-,24-,25-,26-,27-,28-,29+,30-,31+,32-,33-,34-,35-,36-,37-,38-,39-,40-,41?,42-,43-,44-,45-,46-,47-,48-/m1/s1. The fraction of sp³-hybridized carbons (Fsp3) is 1.00. The predicted octanol–water partition coefficient (Wildman–Crippen LogP) is -17.8. The fourth-order valence-electron chi connectivity index (χ4n) is 11.9. The molecule has 0 aromatic heterocycles. The molecule has 22 fully saturated rings. The molecule has 22 aliphatic heterocycles. The summed E-state index contributed by atoms with van der Waals surface area (Å²) in [5, 5.41) is 267. The van der Waals surface area contributed by atoms with Crippen LogP contribution in [-0.2, 0) is 71.1 Å². The molecule has 22 rings (SSSR count). The third-order valence-corrected chi connectivity index (χ3v) is 17.0. The lowest BCUT2D eigenvalue weighted by molar-refractivity contribution is -0.396. The highest BCUT2D eigenvalue weighted by molar-refractivity contribution is 5.02. The Hall–Kier alpha value is -1.60. The molecule has 0 radical (unpaired) electrons. The van der Waals surface area contributed by atoms with Crippen molar-refractivity contribution in [1.29, 1.82) is 0 Å². The Balaban J connectivity index is 1.01. The second kappa shape index (κ2) is 30.0. The Labute approximate surface area is 496 Å². The summed E-state index contributed by atoms with van der Waals surface area (Å²) >= 11 is 0. The molecule has 0 aliphatic carbocycles. The molecule has 0 aromatic carbocycles. The monoisotopic (exact) mass is 1300 g/mol. The molecule has 0 saturated carbocycles. The van der Waals surface area contributed by atoms with Crippen molar-refractivity contribution in [3.63, 3.8) is 0 Å². The molecular weight excluding hydrogens is 1210 g/mol. The van der Waals surface area contributed by atoms with Crippen LogP contribution in [0, 0.1) is 0 Å². The Morgan fingerprint density at radius 2 is 0.375 bits per heavy atom. The van der Waals surface area contributed by atoms with E-state index in [2.05, 4.69) is 5.32 Å². The van der Waals surface area contributed by atoms with E-state index in [9.17, 15) is 123 Å². The van der Waals surface area contributed by atoms with Gasteiger partial charge >= 0.3 is 0 Å². The van der Waals surface area contributed by atoms with E-state index in [1.807, 2.05) is 0 Å². The van der Waals surface area contributed by atoms with Crippen LogP contribution in [0.25, 0.3) is 0 Å². The smallest absolute Gasteiger partial charge is 0.187 e. The van der Waals surface area contributed by atoms with Gasteiger partial charge in [0.05, 0.1) is 39.6 Å². The van der Waals surface area contributed by atoms with Gasteiger partial charge in [-0.3, -0.25) is 0 Å². The molecule has 512 valence electrons. The Kier molecular flexibility index (Phi) is 24.1. The van der Waals surface area contributed by atoms with Crippen LogP contribution in [0.5, 0.6) is 0 Å². The average Bonchev–Trinajstić information content (AvgIpc) is 0.986. The summed E-state index contributed by atoms with van der Waals surface area (Å²) in [7, 11) is 0. The molecule has 0 aromatic rings. The first kappa shape index (κ1) is 70.7. The molecule has 0 amide bonds. The molecule has 14 bridgehead atoms. The summed E-state index contributed by atoms with van der Waals surface area (Å²) in [6.45, 7) is -7.61. The number of nitrogens with one attached hydrogen (secondary N) is 1. The lowest BCUT2D eigenvalue weighted by Crippen LogP contribution is -2.68. The first-order valence-electron chi connectivity index (χ1n) is 28.3. The summed E-state index contributed by atoms with van der Waals surface area (Å²) in [5.41, 5.74) is 0. The van der Waals surface area contributed by atoms with Crippen molar-refractivity contribution >= 4 is 0 Å². The predicted molar refractivity (Wildman–Crippen MR) is 263 cm³/mol. The van der Waals surface area contributed by atoms with Gasteiger partial charge in [-0.25, -0.2) is 0 Å². The summed E-state index contributed by atoms with van der Waals surface area (Å²) in [4.78, 5) is 0. The van der Waals surface area contributed by atoms with Gasteiger partial charge in [0.1, 0.15) is 195 Å². The molecule has 22 saturated heterocycles. The van der Waals surface area contributed by atoms with E-state index in [0.717, 1.165) is 0 Å². The second-order valence-corrected chi connectivity index (χ2v) is 22.7. The molecule has 22 heterocycles. The molecule has 40 atom stereocenters. The lowest BCUT2D eigenvalue weighted by Gasteiger charge is -2.50. The van der Waals surface area contributed by atoms with E-state index in [4.69, 9.17) is 71.1 Å². The molecule has 25 N–H and O–H groups in total. The van der Waals surface area contributed by atoms with Crippen LogP contribution in [-0.4, -0.2) is 421 Å². The summed E-state index contributed by atoms with van der Waals surface area (Å²) in [6.07, 6.45) is -81.2. The quantitative estimate of drug-likeness (QED) is 0.0966. The summed E-state index contributed by atoms with van der Waals surface area (Å²) < 4.78 is 86.0. The number of aliphatic hydroxyl groups is 24. The van der Waals surface area contributed by atoms with Crippen LogP contribution in [0.2, 0.25) is 0 Å². The average molecular weight is 1300 g/mol. The maximum absolute atomic E-state index is 11.8. The van der Waals surface area contributed by atoms with Gasteiger partial charge in [0.15, 0.2) is 50.3 Å². The van der Waals surface area contributed by atoms with Crippen LogP contribution >= 0.6 is 0 Å². The third-order valence-electron chi connectivity index (χ3n) is 17.0. The normalized spacial score (nSPS) is 55.2. The Morgan fingerprint density at radius 3 is 0.591 bits per heavy atom. The maximum atomic E-state index is 11.8. The van der Waals surface area contributed by atoms with Gasteiger partial charge in [-0.2, -0.15) is 0 Å². The van der Waals surface area contributed by atoms with Crippen molar-refractivity contribution in [3.8, 4) is 0 Å².